The van der Waals surface area contributed by atoms with Crippen LogP contribution in [-0.2, 0) is 9.59 Å². The first-order valence-electron chi connectivity index (χ1n) is 6.69. The Labute approximate surface area is 107 Å². The molecule has 0 aromatic carbocycles. The summed E-state index contributed by atoms with van der Waals surface area (Å²) in [7, 11) is 0. The van der Waals surface area contributed by atoms with E-state index < -0.39 is 17.9 Å². The fourth-order valence-corrected chi connectivity index (χ4v) is 2.94. The molecule has 0 spiro atoms. The summed E-state index contributed by atoms with van der Waals surface area (Å²) >= 11 is 0. The van der Waals surface area contributed by atoms with Crippen LogP contribution in [0.15, 0.2) is 0 Å². The number of amides is 4. The van der Waals surface area contributed by atoms with Crippen LogP contribution in [0.2, 0.25) is 0 Å². The molecule has 0 aromatic heterocycles. The highest BCUT2D eigenvalue weighted by Crippen LogP contribution is 2.31. The van der Waals surface area contributed by atoms with Gasteiger partial charge >= 0.3 is 6.03 Å². The Hall–Kier alpha value is -1.39. The molecule has 0 radical (unpaired) electrons. The second kappa shape index (κ2) is 5.08. The van der Waals surface area contributed by atoms with Gasteiger partial charge in [0.2, 0.25) is 11.8 Å². The SMILES string of the molecule is CCC1C(=O)NC(=O)N(CC2CCC(C)C2)C1=O. The molecule has 1 N–H and O–H groups in total. The highest BCUT2D eigenvalue weighted by molar-refractivity contribution is 6.16. The molecule has 0 aromatic rings. The Bertz CT molecular complexity index is 380. The van der Waals surface area contributed by atoms with Gasteiger partial charge in [-0.05, 0) is 31.1 Å². The second-order valence-corrected chi connectivity index (χ2v) is 5.49. The second-order valence-electron chi connectivity index (χ2n) is 5.49. The molecule has 2 aliphatic rings. The zero-order valence-corrected chi connectivity index (χ0v) is 10.9. The number of urea groups is 1. The molecule has 2 rings (SSSR count). The Kier molecular flexibility index (Phi) is 3.68. The Morgan fingerprint density at radius 1 is 1.28 bits per heavy atom. The van der Waals surface area contributed by atoms with Crippen LogP contribution in [0.25, 0.3) is 0 Å². The van der Waals surface area contributed by atoms with Crippen LogP contribution in [0, 0.1) is 17.8 Å². The number of hydrogen-bond acceptors (Lipinski definition) is 3. The predicted octanol–water partition coefficient (Wildman–Crippen LogP) is 1.53. The van der Waals surface area contributed by atoms with Gasteiger partial charge in [0.1, 0.15) is 5.92 Å². The fourth-order valence-electron chi connectivity index (χ4n) is 2.94. The number of nitrogens with one attached hydrogen (secondary N) is 1. The van der Waals surface area contributed by atoms with Crippen molar-refractivity contribution in [2.75, 3.05) is 6.54 Å². The van der Waals surface area contributed by atoms with Gasteiger partial charge in [-0.2, -0.15) is 0 Å². The molecule has 3 unspecified atom stereocenters. The summed E-state index contributed by atoms with van der Waals surface area (Å²) in [5.74, 6) is -0.419. The molecular formula is C13H20N2O3. The molecule has 1 aliphatic heterocycles. The normalized spacial score (nSPS) is 32.9. The molecular weight excluding hydrogens is 232 g/mol. The number of imide groups is 2. The standard InChI is InChI=1S/C13H20N2O3/c1-3-10-11(16)14-13(18)15(12(10)17)7-9-5-4-8(2)6-9/h8-10H,3-7H2,1-2H3,(H,14,16,18). The van der Waals surface area contributed by atoms with E-state index in [0.29, 0.717) is 24.8 Å². The molecule has 1 aliphatic carbocycles. The fraction of sp³-hybridized carbons (Fsp3) is 0.769. The number of hydrogen-bond donors (Lipinski definition) is 1. The van der Waals surface area contributed by atoms with E-state index in [1.165, 1.54) is 4.90 Å². The van der Waals surface area contributed by atoms with Gasteiger partial charge in [-0.1, -0.05) is 20.3 Å². The minimum absolute atomic E-state index is 0.328. The van der Waals surface area contributed by atoms with Crippen molar-refractivity contribution in [3.63, 3.8) is 0 Å². The minimum atomic E-state index is -0.693. The van der Waals surface area contributed by atoms with Crippen molar-refractivity contribution < 1.29 is 14.4 Å². The summed E-state index contributed by atoms with van der Waals surface area (Å²) in [6.07, 6.45) is 3.71. The van der Waals surface area contributed by atoms with Gasteiger partial charge in [0, 0.05) is 6.54 Å². The van der Waals surface area contributed by atoms with E-state index in [2.05, 4.69) is 12.2 Å². The molecule has 100 valence electrons. The first kappa shape index (κ1) is 13.1. The maximum Gasteiger partial charge on any atom is 0.330 e. The van der Waals surface area contributed by atoms with Gasteiger partial charge in [0.15, 0.2) is 0 Å². The molecule has 18 heavy (non-hydrogen) atoms. The highest BCUT2D eigenvalue weighted by Gasteiger charge is 2.40. The molecule has 4 amide bonds. The third kappa shape index (κ3) is 2.40. The van der Waals surface area contributed by atoms with Gasteiger partial charge in [-0.15, -0.1) is 0 Å². The van der Waals surface area contributed by atoms with E-state index in [1.807, 2.05) is 0 Å². The van der Waals surface area contributed by atoms with E-state index in [4.69, 9.17) is 0 Å². The number of rotatable bonds is 3. The minimum Gasteiger partial charge on any atom is -0.277 e. The quantitative estimate of drug-likeness (QED) is 0.774. The van der Waals surface area contributed by atoms with Crippen molar-refractivity contribution in [1.82, 2.24) is 10.2 Å². The summed E-state index contributed by atoms with van der Waals surface area (Å²) in [6, 6.07) is -0.547. The van der Waals surface area contributed by atoms with Crippen LogP contribution in [0.4, 0.5) is 4.79 Å². The number of nitrogens with zero attached hydrogens (tertiary/aromatic N) is 1. The first-order chi connectivity index (χ1) is 8.52. The van der Waals surface area contributed by atoms with E-state index >= 15 is 0 Å². The van der Waals surface area contributed by atoms with Gasteiger partial charge < -0.3 is 0 Å². The molecule has 3 atom stereocenters. The van der Waals surface area contributed by atoms with Gasteiger partial charge in [0.25, 0.3) is 0 Å². The zero-order valence-electron chi connectivity index (χ0n) is 10.9. The van der Waals surface area contributed by atoms with Crippen LogP contribution in [0.5, 0.6) is 0 Å². The topological polar surface area (TPSA) is 66.5 Å². The van der Waals surface area contributed by atoms with Crippen LogP contribution in [0.1, 0.15) is 39.5 Å². The number of barbiturate groups is 1. The first-order valence-corrected chi connectivity index (χ1v) is 6.69. The molecule has 5 nitrogen and oxygen atoms in total. The lowest BCUT2D eigenvalue weighted by molar-refractivity contribution is -0.143. The smallest absolute Gasteiger partial charge is 0.277 e. The van der Waals surface area contributed by atoms with Crippen molar-refractivity contribution in [2.45, 2.75) is 39.5 Å². The summed E-state index contributed by atoms with van der Waals surface area (Å²) in [5.41, 5.74) is 0. The van der Waals surface area contributed by atoms with Crippen molar-refractivity contribution in [3.05, 3.63) is 0 Å². The van der Waals surface area contributed by atoms with Crippen LogP contribution in [0.3, 0.4) is 0 Å². The Morgan fingerprint density at radius 3 is 2.56 bits per heavy atom. The molecule has 1 saturated carbocycles. The lowest BCUT2D eigenvalue weighted by atomic mass is 9.99. The molecule has 0 bridgehead atoms. The average molecular weight is 252 g/mol. The Balaban J connectivity index is 2.04. The molecule has 2 fully saturated rings. The van der Waals surface area contributed by atoms with E-state index in [-0.39, 0.29) is 5.91 Å². The lowest BCUT2D eigenvalue weighted by Crippen LogP contribution is -2.58. The highest BCUT2D eigenvalue weighted by atomic mass is 16.2. The summed E-state index contributed by atoms with van der Waals surface area (Å²) in [4.78, 5) is 36.5. The van der Waals surface area contributed by atoms with E-state index in [1.54, 1.807) is 6.92 Å². The summed E-state index contributed by atoms with van der Waals surface area (Å²) in [5, 5.41) is 2.27. The third-order valence-corrected chi connectivity index (χ3v) is 4.01. The average Bonchev–Trinajstić information content (AvgIpc) is 2.70. The van der Waals surface area contributed by atoms with Crippen molar-refractivity contribution >= 4 is 17.8 Å². The summed E-state index contributed by atoms with van der Waals surface area (Å²) < 4.78 is 0. The molecule has 1 saturated heterocycles. The number of carbonyl (C=O) groups excluding carboxylic acids is 3. The van der Waals surface area contributed by atoms with Crippen molar-refractivity contribution in [3.8, 4) is 0 Å². The van der Waals surface area contributed by atoms with Crippen LogP contribution >= 0.6 is 0 Å². The molecule has 5 heteroatoms. The van der Waals surface area contributed by atoms with Gasteiger partial charge in [-0.3, -0.25) is 19.8 Å². The summed E-state index contributed by atoms with van der Waals surface area (Å²) in [6.45, 7) is 4.43. The maximum absolute atomic E-state index is 12.1. The van der Waals surface area contributed by atoms with Gasteiger partial charge in [0.05, 0.1) is 0 Å². The van der Waals surface area contributed by atoms with E-state index in [0.717, 1.165) is 19.3 Å². The third-order valence-electron chi connectivity index (χ3n) is 4.01. The Morgan fingerprint density at radius 2 is 2.00 bits per heavy atom. The van der Waals surface area contributed by atoms with Crippen LogP contribution < -0.4 is 5.32 Å². The van der Waals surface area contributed by atoms with E-state index in [9.17, 15) is 14.4 Å². The molecule has 1 heterocycles. The van der Waals surface area contributed by atoms with Crippen molar-refractivity contribution in [1.29, 1.82) is 0 Å². The largest absolute Gasteiger partial charge is 0.330 e. The zero-order chi connectivity index (χ0) is 13.3. The predicted molar refractivity (Wildman–Crippen MR) is 65.5 cm³/mol. The van der Waals surface area contributed by atoms with Crippen LogP contribution in [-0.4, -0.2) is 29.3 Å². The maximum atomic E-state index is 12.1. The van der Waals surface area contributed by atoms with Crippen molar-refractivity contribution in [2.24, 2.45) is 17.8 Å². The lowest BCUT2D eigenvalue weighted by Gasteiger charge is -2.31. The monoisotopic (exact) mass is 252 g/mol. The number of carbonyl (C=O) groups is 3. The van der Waals surface area contributed by atoms with Gasteiger partial charge in [-0.25, -0.2) is 4.79 Å².